The van der Waals surface area contributed by atoms with Crippen LogP contribution in [0.3, 0.4) is 0 Å². The summed E-state index contributed by atoms with van der Waals surface area (Å²) in [6.07, 6.45) is 3.76. The van der Waals surface area contributed by atoms with E-state index in [1.807, 2.05) is 26.0 Å². The van der Waals surface area contributed by atoms with Gasteiger partial charge in [-0.1, -0.05) is 0 Å². The van der Waals surface area contributed by atoms with Crippen molar-refractivity contribution in [3.63, 3.8) is 0 Å². The van der Waals surface area contributed by atoms with Gasteiger partial charge in [-0.2, -0.15) is 0 Å². The van der Waals surface area contributed by atoms with Crippen molar-refractivity contribution in [3.8, 4) is 0 Å². The summed E-state index contributed by atoms with van der Waals surface area (Å²) in [6.45, 7) is 5.41. The minimum atomic E-state index is -0.404. The molecule has 0 radical (unpaired) electrons. The van der Waals surface area contributed by atoms with Gasteiger partial charge in [-0.15, -0.1) is 0 Å². The molecule has 2 heterocycles. The van der Waals surface area contributed by atoms with Gasteiger partial charge in [0.15, 0.2) is 6.61 Å². The number of esters is 1. The lowest BCUT2D eigenvalue weighted by molar-refractivity contribution is -0.151. The van der Waals surface area contributed by atoms with Crippen molar-refractivity contribution in [1.82, 2.24) is 4.90 Å². The molecule has 5 heteroatoms. The van der Waals surface area contributed by atoms with Crippen LogP contribution in [0.25, 0.3) is 11.0 Å². The summed E-state index contributed by atoms with van der Waals surface area (Å²) in [5.41, 5.74) is 3.86. The van der Waals surface area contributed by atoms with Gasteiger partial charge in [-0.05, 0) is 49.9 Å². The maximum absolute atomic E-state index is 12.0. The Morgan fingerprint density at radius 1 is 1.17 bits per heavy atom. The number of ether oxygens (including phenoxy) is 1. The maximum Gasteiger partial charge on any atom is 0.310 e. The predicted octanol–water partition coefficient (Wildman–Crippen LogP) is 2.76. The molecule has 0 saturated carbocycles. The molecule has 3 rings (SSSR count). The van der Waals surface area contributed by atoms with E-state index in [1.165, 1.54) is 0 Å². The standard InChI is InChI=1S/C18H21NO4/c1-12-7-15-14(10-22-16(15)8-13(12)2)9-18(21)23-11-17(20)19-5-3-4-6-19/h7-8,10H,3-6,9,11H2,1-2H3. The number of nitrogens with zero attached hydrogens (tertiary/aromatic N) is 1. The van der Waals surface area contributed by atoms with Gasteiger partial charge in [-0.3, -0.25) is 9.59 Å². The normalized spacial score (nSPS) is 14.4. The molecular weight excluding hydrogens is 294 g/mol. The summed E-state index contributed by atoms with van der Waals surface area (Å²) in [4.78, 5) is 25.6. The Labute approximate surface area is 135 Å². The molecule has 1 fully saturated rings. The highest BCUT2D eigenvalue weighted by atomic mass is 16.5. The van der Waals surface area contributed by atoms with Crippen molar-refractivity contribution in [2.45, 2.75) is 33.1 Å². The second-order valence-corrected chi connectivity index (χ2v) is 6.12. The van der Waals surface area contributed by atoms with Crippen LogP contribution in [0.15, 0.2) is 22.8 Å². The number of furan rings is 1. The molecule has 23 heavy (non-hydrogen) atoms. The lowest BCUT2D eigenvalue weighted by atomic mass is 10.0. The molecule has 0 spiro atoms. The Hall–Kier alpha value is -2.30. The molecule has 0 N–H and O–H groups in total. The van der Waals surface area contributed by atoms with Crippen LogP contribution in [0.4, 0.5) is 0 Å². The van der Waals surface area contributed by atoms with E-state index in [0.717, 1.165) is 53.6 Å². The first kappa shape index (κ1) is 15.6. The zero-order chi connectivity index (χ0) is 16.4. The van der Waals surface area contributed by atoms with E-state index in [1.54, 1.807) is 11.2 Å². The fourth-order valence-electron chi connectivity index (χ4n) is 2.88. The van der Waals surface area contributed by atoms with Gasteiger partial charge < -0.3 is 14.1 Å². The lowest BCUT2D eigenvalue weighted by Gasteiger charge is -2.14. The summed E-state index contributed by atoms with van der Waals surface area (Å²) >= 11 is 0. The van der Waals surface area contributed by atoms with Crippen LogP contribution in [0, 0.1) is 13.8 Å². The largest absolute Gasteiger partial charge is 0.464 e. The summed E-state index contributed by atoms with van der Waals surface area (Å²) in [7, 11) is 0. The third-order valence-electron chi connectivity index (χ3n) is 4.42. The van der Waals surface area contributed by atoms with Gasteiger partial charge in [-0.25, -0.2) is 0 Å². The van der Waals surface area contributed by atoms with Gasteiger partial charge in [0.2, 0.25) is 0 Å². The summed E-state index contributed by atoms with van der Waals surface area (Å²) in [6, 6.07) is 3.99. The highest BCUT2D eigenvalue weighted by Crippen LogP contribution is 2.25. The molecule has 0 unspecified atom stereocenters. The summed E-state index contributed by atoms with van der Waals surface area (Å²) in [5, 5.41) is 0.927. The van der Waals surface area contributed by atoms with Gasteiger partial charge in [0.05, 0.1) is 12.7 Å². The zero-order valence-electron chi connectivity index (χ0n) is 13.6. The van der Waals surface area contributed by atoms with E-state index < -0.39 is 5.97 Å². The molecule has 1 saturated heterocycles. The Kier molecular flexibility index (Phi) is 4.37. The number of benzene rings is 1. The minimum absolute atomic E-state index is 0.112. The van der Waals surface area contributed by atoms with Gasteiger partial charge in [0.1, 0.15) is 5.58 Å². The van der Waals surface area contributed by atoms with Crippen LogP contribution in [0.1, 0.15) is 29.5 Å². The second kappa shape index (κ2) is 6.44. The molecule has 5 nitrogen and oxygen atoms in total. The number of likely N-dealkylation sites (tertiary alicyclic amines) is 1. The molecule has 1 aliphatic rings. The van der Waals surface area contributed by atoms with Crippen molar-refractivity contribution >= 4 is 22.8 Å². The number of carbonyl (C=O) groups excluding carboxylic acids is 2. The highest BCUT2D eigenvalue weighted by molar-refractivity contribution is 5.87. The lowest BCUT2D eigenvalue weighted by Crippen LogP contribution is -2.32. The zero-order valence-corrected chi connectivity index (χ0v) is 13.6. The molecular formula is C18H21NO4. The Morgan fingerprint density at radius 3 is 2.61 bits per heavy atom. The van der Waals surface area contributed by atoms with Gasteiger partial charge in [0.25, 0.3) is 5.91 Å². The average Bonchev–Trinajstić information content (AvgIpc) is 3.17. The number of hydrogen-bond acceptors (Lipinski definition) is 4. The first-order chi connectivity index (χ1) is 11.0. The topological polar surface area (TPSA) is 59.8 Å². The second-order valence-electron chi connectivity index (χ2n) is 6.12. The van der Waals surface area contributed by atoms with E-state index >= 15 is 0 Å². The third-order valence-corrected chi connectivity index (χ3v) is 4.42. The number of amides is 1. The van der Waals surface area contributed by atoms with E-state index in [2.05, 4.69) is 0 Å². The van der Waals surface area contributed by atoms with Crippen LogP contribution >= 0.6 is 0 Å². The molecule has 1 amide bonds. The predicted molar refractivity (Wildman–Crippen MR) is 86.2 cm³/mol. The summed E-state index contributed by atoms with van der Waals surface area (Å²) < 4.78 is 10.6. The monoisotopic (exact) mass is 315 g/mol. The Balaban J connectivity index is 1.61. The first-order valence-electron chi connectivity index (χ1n) is 7.95. The molecule has 0 atom stereocenters. The molecule has 0 aliphatic carbocycles. The SMILES string of the molecule is Cc1cc2occ(CC(=O)OCC(=O)N3CCCC3)c2cc1C. The molecule has 1 aromatic heterocycles. The molecule has 0 bridgehead atoms. The number of carbonyl (C=O) groups is 2. The van der Waals surface area contributed by atoms with E-state index in [-0.39, 0.29) is 18.9 Å². The van der Waals surface area contributed by atoms with Crippen LogP contribution in [-0.2, 0) is 20.7 Å². The van der Waals surface area contributed by atoms with Crippen molar-refractivity contribution < 1.29 is 18.7 Å². The quantitative estimate of drug-likeness (QED) is 0.814. The number of hydrogen-bond donors (Lipinski definition) is 0. The molecule has 122 valence electrons. The van der Waals surface area contributed by atoms with E-state index in [9.17, 15) is 9.59 Å². The van der Waals surface area contributed by atoms with Crippen molar-refractivity contribution in [2.75, 3.05) is 19.7 Å². The maximum atomic E-state index is 12.0. The van der Waals surface area contributed by atoms with Crippen molar-refractivity contribution in [3.05, 3.63) is 35.1 Å². The fraction of sp³-hybridized carbons (Fsp3) is 0.444. The fourth-order valence-corrected chi connectivity index (χ4v) is 2.88. The van der Waals surface area contributed by atoms with Crippen LogP contribution in [0.2, 0.25) is 0 Å². The van der Waals surface area contributed by atoms with Crippen molar-refractivity contribution in [1.29, 1.82) is 0 Å². The number of rotatable bonds is 4. The number of aryl methyl sites for hydroxylation is 2. The first-order valence-corrected chi connectivity index (χ1v) is 7.95. The van der Waals surface area contributed by atoms with Crippen molar-refractivity contribution in [2.24, 2.45) is 0 Å². The highest BCUT2D eigenvalue weighted by Gasteiger charge is 2.20. The van der Waals surface area contributed by atoms with E-state index in [4.69, 9.17) is 9.15 Å². The van der Waals surface area contributed by atoms with Gasteiger partial charge >= 0.3 is 5.97 Å². The van der Waals surface area contributed by atoms with E-state index in [0.29, 0.717) is 0 Å². The van der Waals surface area contributed by atoms with Crippen LogP contribution in [-0.4, -0.2) is 36.5 Å². The Bertz CT molecular complexity index is 741. The Morgan fingerprint density at radius 2 is 1.87 bits per heavy atom. The average molecular weight is 315 g/mol. The van der Waals surface area contributed by atoms with Crippen LogP contribution < -0.4 is 0 Å². The third kappa shape index (κ3) is 3.38. The molecule has 1 aliphatic heterocycles. The summed E-state index contributed by atoms with van der Waals surface area (Å²) in [5.74, 6) is -0.516. The smallest absolute Gasteiger partial charge is 0.310 e. The van der Waals surface area contributed by atoms with Crippen LogP contribution in [0.5, 0.6) is 0 Å². The minimum Gasteiger partial charge on any atom is -0.464 e. The molecule has 2 aromatic rings. The molecule has 1 aromatic carbocycles. The van der Waals surface area contributed by atoms with Gasteiger partial charge in [0, 0.05) is 24.0 Å². The number of fused-ring (bicyclic) bond motifs is 1.